The second-order valence-electron chi connectivity index (χ2n) is 9.97. The lowest BCUT2D eigenvalue weighted by atomic mass is 10.2. The summed E-state index contributed by atoms with van der Waals surface area (Å²) in [5.41, 5.74) is 5.31. The molecule has 2 atom stereocenters. The number of amides is 3. The molecule has 1 saturated heterocycles. The number of thioether (sulfide) groups is 2. The summed E-state index contributed by atoms with van der Waals surface area (Å²) >= 11 is 1.75. The summed E-state index contributed by atoms with van der Waals surface area (Å²) in [6, 6.07) is 0. The summed E-state index contributed by atoms with van der Waals surface area (Å²) in [5.74, 6) is -2.03. The molecule has 0 aliphatic carbocycles. The van der Waals surface area contributed by atoms with E-state index in [0.29, 0.717) is 24.6 Å². The number of nitrogens with zero attached hydrogens (tertiary/aromatic N) is 1. The van der Waals surface area contributed by atoms with Crippen molar-refractivity contribution < 1.29 is 70.6 Å². The van der Waals surface area contributed by atoms with Gasteiger partial charge in [-0.05, 0) is 46.1 Å². The van der Waals surface area contributed by atoms with Crippen LogP contribution in [0.5, 0.6) is 0 Å². The number of phosphoric ester groups is 2. The van der Waals surface area contributed by atoms with Gasteiger partial charge in [0.25, 0.3) is 27.5 Å². The van der Waals surface area contributed by atoms with Gasteiger partial charge in [0.1, 0.15) is 5.75 Å². The van der Waals surface area contributed by atoms with Gasteiger partial charge in [0.15, 0.2) is 10.2 Å². The maximum Gasteiger partial charge on any atom is 0.343 e. The fourth-order valence-electron chi connectivity index (χ4n) is 3.32. The minimum absolute atomic E-state index is 0.0615. The van der Waals surface area contributed by atoms with Crippen molar-refractivity contribution in [1.29, 1.82) is 0 Å². The minimum atomic E-state index is -4.12. The predicted molar refractivity (Wildman–Crippen MR) is 206 cm³/mol. The fraction of sp³-hybridized carbons (Fsp3) is 0.812. The Morgan fingerprint density at radius 2 is 1.11 bits per heavy atom. The smallest absolute Gasteiger partial charge is 0.343 e. The molecule has 18 nitrogen and oxygen atoms in total. The fourth-order valence-corrected chi connectivity index (χ4v) is 5.61. The molecule has 54 heavy (non-hydrogen) atoms. The first-order valence-corrected chi connectivity index (χ1v) is 22.9. The molecule has 3 amide bonds. The van der Waals surface area contributed by atoms with E-state index in [1.165, 1.54) is 13.8 Å². The maximum absolute atomic E-state index is 11.3. The maximum atomic E-state index is 11.3. The zero-order valence-electron chi connectivity index (χ0n) is 33.1. The molecular formula is C32H63N3O15P2S2-2. The number of nitrogens with one attached hydrogen (secondary N) is 1. The highest BCUT2D eigenvalue weighted by Crippen LogP contribution is 2.38. The number of carbonyl (C=O) groups is 6. The van der Waals surface area contributed by atoms with Crippen molar-refractivity contribution in [2.24, 2.45) is 5.73 Å². The normalized spacial score (nSPS) is 13.9. The van der Waals surface area contributed by atoms with E-state index in [4.69, 9.17) is 5.73 Å². The van der Waals surface area contributed by atoms with Crippen LogP contribution in [0.1, 0.15) is 120 Å². The lowest BCUT2D eigenvalue weighted by Gasteiger charge is -2.21. The molecule has 1 aliphatic heterocycles. The molecule has 1 aliphatic rings. The Morgan fingerprint density at radius 1 is 0.704 bits per heavy atom. The summed E-state index contributed by atoms with van der Waals surface area (Å²) in [6.07, 6.45) is 6.86. The Balaban J connectivity index is -0.000000339. The quantitative estimate of drug-likeness (QED) is 0.0772. The molecule has 1 rings (SSSR count). The highest BCUT2D eigenvalue weighted by Gasteiger charge is 2.32. The summed E-state index contributed by atoms with van der Waals surface area (Å²) in [6.45, 7) is 15.7. The van der Waals surface area contributed by atoms with E-state index >= 15 is 0 Å². The van der Waals surface area contributed by atoms with Gasteiger partial charge in [0.2, 0.25) is 5.91 Å². The molecule has 0 aromatic heterocycles. The van der Waals surface area contributed by atoms with Gasteiger partial charge in [-0.1, -0.05) is 76.9 Å². The van der Waals surface area contributed by atoms with Gasteiger partial charge in [-0.3, -0.25) is 33.1 Å². The minimum Gasteiger partial charge on any atom is -0.756 e. The van der Waals surface area contributed by atoms with Crippen LogP contribution < -0.4 is 20.8 Å². The number of hydrogen-bond acceptors (Lipinski definition) is 18. The molecule has 0 bridgehead atoms. The van der Waals surface area contributed by atoms with E-state index in [2.05, 4.69) is 28.2 Å². The highest BCUT2D eigenvalue weighted by molar-refractivity contribution is 8.14. The van der Waals surface area contributed by atoms with Crippen LogP contribution in [0, 0.1) is 0 Å². The molecule has 0 aromatic rings. The van der Waals surface area contributed by atoms with Crippen LogP contribution in [0.3, 0.4) is 0 Å². The number of carbonyl (C=O) groups excluding carboxylic acids is 6. The van der Waals surface area contributed by atoms with Crippen molar-refractivity contribution in [3.05, 3.63) is 0 Å². The van der Waals surface area contributed by atoms with Crippen molar-refractivity contribution in [2.45, 2.75) is 120 Å². The van der Waals surface area contributed by atoms with E-state index in [-0.39, 0.29) is 66.9 Å². The van der Waals surface area contributed by atoms with E-state index < -0.39 is 33.4 Å². The van der Waals surface area contributed by atoms with E-state index in [1.54, 1.807) is 13.8 Å². The highest BCUT2D eigenvalue weighted by atomic mass is 32.2. The first-order chi connectivity index (χ1) is 25.5. The Bertz CT molecular complexity index is 1120. The average molecular weight is 856 g/mol. The van der Waals surface area contributed by atoms with Crippen LogP contribution >= 0.6 is 39.2 Å². The Hall–Kier alpha value is -1.70. The van der Waals surface area contributed by atoms with Crippen molar-refractivity contribution in [2.75, 3.05) is 51.0 Å². The number of unbranched alkanes of at least 4 members (excludes halogenated alkanes) is 6. The predicted octanol–water partition coefficient (Wildman–Crippen LogP) is 4.42. The topological polar surface area (TPSA) is 270 Å². The first kappa shape index (κ1) is 59.0. The number of phosphoric acid groups is 2. The van der Waals surface area contributed by atoms with Crippen LogP contribution in [0.15, 0.2) is 0 Å². The molecule has 1 fully saturated rings. The van der Waals surface area contributed by atoms with Gasteiger partial charge >= 0.3 is 5.97 Å². The molecule has 0 saturated carbocycles. The lowest BCUT2D eigenvalue weighted by molar-refractivity contribution is -0.226. The van der Waals surface area contributed by atoms with Crippen molar-refractivity contribution in [1.82, 2.24) is 10.4 Å². The standard InChI is InChI=1S/C12H24NO6PS.C8H9NO5S.C8H20NO4P.2C2H6/c1-3-18-20(16,17)19-9-7-5-4-6-8-13-12(15)10-21-11(2)14;1-5(10)15-4-8(13)14-9-6(11)2-3-7(9)12;1-2-12-14(10,11)13-8-6-4-3-5-7-9;2*1-2/h3-10H2,1-2H3,(H,13,15)(H,16,17);2-4H2,1H3;2-9H2,1H3,(H,10,11);2*1-2H3/p-2. The van der Waals surface area contributed by atoms with Gasteiger partial charge in [-0.15, -0.1) is 5.06 Å². The van der Waals surface area contributed by atoms with Crippen LogP contribution in [0.2, 0.25) is 0 Å². The number of nitrogens with two attached hydrogens (primary N) is 1. The third-order valence-corrected chi connectivity index (χ3v) is 9.31. The molecule has 1 heterocycles. The molecule has 22 heteroatoms. The van der Waals surface area contributed by atoms with Crippen LogP contribution in [0.25, 0.3) is 0 Å². The van der Waals surface area contributed by atoms with Gasteiger partial charge in [-0.2, -0.15) is 0 Å². The molecule has 320 valence electrons. The third-order valence-electron chi connectivity index (χ3n) is 5.56. The summed E-state index contributed by atoms with van der Waals surface area (Å²) in [4.78, 5) is 92.0. The van der Waals surface area contributed by atoms with Crippen molar-refractivity contribution >= 4 is 73.1 Å². The van der Waals surface area contributed by atoms with Crippen LogP contribution in [-0.2, 0) is 60.8 Å². The van der Waals surface area contributed by atoms with Gasteiger partial charge < -0.3 is 43.8 Å². The molecule has 0 radical (unpaired) electrons. The SMILES string of the molecule is CC.CC.CC(=O)SCC(=O)ON1C(=O)CCC1=O.CCOP(=O)([O-])OCCCCCCN.CCOP(=O)([O-])OCCCCCCNC(=O)CSC(C)=O. The average Bonchev–Trinajstić information content (AvgIpc) is 3.43. The summed E-state index contributed by atoms with van der Waals surface area (Å²) in [5, 5.41) is 2.87. The Labute approximate surface area is 329 Å². The second kappa shape index (κ2) is 39.5. The second-order valence-corrected chi connectivity index (χ2v) is 15.1. The molecule has 0 aromatic carbocycles. The van der Waals surface area contributed by atoms with Crippen molar-refractivity contribution in [3.63, 3.8) is 0 Å². The zero-order chi connectivity index (χ0) is 42.4. The van der Waals surface area contributed by atoms with E-state index in [0.717, 1.165) is 68.5 Å². The lowest BCUT2D eigenvalue weighted by Crippen LogP contribution is -2.32. The number of imide groups is 1. The number of hydroxylamine groups is 2. The van der Waals surface area contributed by atoms with Gasteiger partial charge in [0.05, 0.1) is 32.2 Å². The molecule has 2 unspecified atom stereocenters. The number of hydrogen-bond donors (Lipinski definition) is 2. The summed E-state index contributed by atoms with van der Waals surface area (Å²) < 4.78 is 40.0. The van der Waals surface area contributed by atoms with Crippen LogP contribution in [0.4, 0.5) is 0 Å². The van der Waals surface area contributed by atoms with Gasteiger partial charge in [-0.25, -0.2) is 4.79 Å². The zero-order valence-corrected chi connectivity index (χ0v) is 36.5. The number of rotatable bonds is 24. The Kier molecular flexibility index (Phi) is 43.2. The first-order valence-electron chi connectivity index (χ1n) is 18.0. The summed E-state index contributed by atoms with van der Waals surface area (Å²) in [7, 11) is -8.14. The Morgan fingerprint density at radius 3 is 1.52 bits per heavy atom. The van der Waals surface area contributed by atoms with Crippen LogP contribution in [-0.4, -0.2) is 90.0 Å². The van der Waals surface area contributed by atoms with Crippen molar-refractivity contribution in [3.8, 4) is 0 Å². The molecule has 0 spiro atoms. The third kappa shape index (κ3) is 41.5. The molecular weight excluding hydrogens is 792 g/mol. The van der Waals surface area contributed by atoms with Gasteiger partial charge in [0, 0.05) is 33.2 Å². The van der Waals surface area contributed by atoms with E-state index in [9.17, 15) is 47.7 Å². The largest absolute Gasteiger partial charge is 0.756 e. The monoisotopic (exact) mass is 855 g/mol. The molecule has 3 N–H and O–H groups in total. The van der Waals surface area contributed by atoms with E-state index in [1.807, 2.05) is 27.7 Å².